The molecule has 0 aromatic heterocycles. The highest BCUT2D eigenvalue weighted by atomic mass is 19.4. The molecular weight excluding hydrogens is 1070 g/mol. The molecule has 3 saturated heterocycles. The number of anilines is 1. The van der Waals surface area contributed by atoms with Crippen LogP contribution in [0.15, 0.2) is 84.9 Å². The summed E-state index contributed by atoms with van der Waals surface area (Å²) in [5, 5.41) is 3.48. The summed E-state index contributed by atoms with van der Waals surface area (Å²) < 4.78 is 110. The van der Waals surface area contributed by atoms with Gasteiger partial charge in [-0.2, -0.15) is 26.3 Å². The molecule has 3 fully saturated rings. The molecule has 0 unspecified atom stereocenters. The fraction of sp³-hybridized carbons (Fsp3) is 0.548. The Bertz CT molecular complexity index is 2810. The molecule has 0 saturated carbocycles. The zero-order valence-corrected chi connectivity index (χ0v) is 47.6. The van der Waals surface area contributed by atoms with Crippen molar-refractivity contribution < 1.29 is 59.4 Å². The van der Waals surface area contributed by atoms with Gasteiger partial charge in [-0.1, -0.05) is 49.2 Å². The van der Waals surface area contributed by atoms with Gasteiger partial charge in [0.25, 0.3) is 11.8 Å². The first-order valence-corrected chi connectivity index (χ1v) is 28.8. The number of hydrogen-bond acceptors (Lipinski definition) is 9. The second-order valence-corrected chi connectivity index (χ2v) is 22.9. The monoisotopic (exact) mass is 1150 g/mol. The van der Waals surface area contributed by atoms with Crippen molar-refractivity contribution >= 4 is 29.3 Å². The molecule has 1 N–H and O–H groups in total. The average Bonchev–Trinajstić information content (AvgIpc) is 3.61. The second-order valence-electron chi connectivity index (χ2n) is 22.9. The van der Waals surface area contributed by atoms with E-state index in [2.05, 4.69) is 27.2 Å². The number of nitrogens with zero attached hydrogens (tertiary/aromatic N) is 6. The molecule has 82 heavy (non-hydrogen) atoms. The van der Waals surface area contributed by atoms with E-state index in [4.69, 9.17) is 9.47 Å². The van der Waals surface area contributed by atoms with Crippen molar-refractivity contribution in [3.8, 4) is 0 Å². The first kappa shape index (κ1) is 62.0. The maximum absolute atomic E-state index is 14.2. The number of piperidine rings is 2. The minimum atomic E-state index is -5.14. The number of aryl methyl sites for hydroxylation is 1. The van der Waals surface area contributed by atoms with Crippen LogP contribution in [0, 0.1) is 12.7 Å². The summed E-state index contributed by atoms with van der Waals surface area (Å²) in [4.78, 5) is 64.4. The van der Waals surface area contributed by atoms with E-state index in [1.807, 2.05) is 49.2 Å². The Hall–Kier alpha value is -6.09. The smallest absolute Gasteiger partial charge is 0.385 e. The normalized spacial score (nSPS) is 19.3. The quantitative estimate of drug-likeness (QED) is 0.0572. The van der Waals surface area contributed by atoms with Gasteiger partial charge in [0.15, 0.2) is 0 Å². The molecule has 446 valence electrons. The molecule has 2 atom stereocenters. The molecule has 20 heteroatoms. The van der Waals surface area contributed by atoms with Crippen LogP contribution >= 0.6 is 0 Å². The molecule has 0 bridgehead atoms. The van der Waals surface area contributed by atoms with Crippen LogP contribution in [0.3, 0.4) is 0 Å². The van der Waals surface area contributed by atoms with Gasteiger partial charge in [-0.25, -0.2) is 4.39 Å². The Balaban J connectivity index is 0.783. The standard InChI is InChI=1S/C62H78F7N7O6/c1-44-36-46(17-22-53(44)70-26-10-5-7-16-55(77)72(3)34-35-74-29-11-6-12-30-74)57(79)73(4)28-13-27-71(2)56(78)41-81-54-39-45-14-8-9-15-52(45)59(54)23-31-75(32-24-59)33-25-60(48-18-20-51(63)21-19-48)42-76(43-82-60)58(80)47-37-49(61(64,65)66)40-50(38-47)62(67,68)69/h8-9,14-15,17-22,36-38,40,54,70H,5-7,10-13,16,23-35,39,41-43H2,1-4H3/t54-,60-/m0/s1. The molecule has 3 heterocycles. The van der Waals surface area contributed by atoms with E-state index in [0.717, 1.165) is 73.7 Å². The number of carbonyl (C=O) groups is 4. The number of hydrogen-bond donors (Lipinski definition) is 1. The number of nitrogens with one attached hydrogen (secondary N) is 1. The fourth-order valence-electron chi connectivity index (χ4n) is 12.2. The maximum Gasteiger partial charge on any atom is 0.416 e. The average molecular weight is 1150 g/mol. The lowest BCUT2D eigenvalue weighted by molar-refractivity contribution is -0.143. The summed E-state index contributed by atoms with van der Waals surface area (Å²) in [6.07, 6.45) is -0.682. The summed E-state index contributed by atoms with van der Waals surface area (Å²) >= 11 is 0. The van der Waals surface area contributed by atoms with Crippen LogP contribution in [0.25, 0.3) is 0 Å². The van der Waals surface area contributed by atoms with Gasteiger partial charge in [-0.05, 0) is 162 Å². The van der Waals surface area contributed by atoms with Gasteiger partial charge in [0.1, 0.15) is 24.8 Å². The highest BCUT2D eigenvalue weighted by Crippen LogP contribution is 2.48. The van der Waals surface area contributed by atoms with Crippen molar-refractivity contribution in [2.75, 3.05) is 112 Å². The summed E-state index contributed by atoms with van der Waals surface area (Å²) in [7, 11) is 5.39. The topological polar surface area (TPSA) is 118 Å². The number of benzene rings is 4. The summed E-state index contributed by atoms with van der Waals surface area (Å²) in [6.45, 7) is 8.48. The third kappa shape index (κ3) is 15.4. The van der Waals surface area contributed by atoms with Crippen LogP contribution in [0.4, 0.5) is 36.4 Å². The molecular formula is C62H78F7N7O6. The molecule has 1 spiro atoms. The van der Waals surface area contributed by atoms with Gasteiger partial charge in [0, 0.05) is 89.1 Å². The molecule has 1 aliphatic carbocycles. The van der Waals surface area contributed by atoms with Gasteiger partial charge < -0.3 is 44.2 Å². The van der Waals surface area contributed by atoms with Gasteiger partial charge in [-0.15, -0.1) is 0 Å². The Morgan fingerprint density at radius 2 is 1.37 bits per heavy atom. The van der Waals surface area contributed by atoms with Gasteiger partial charge in [-0.3, -0.25) is 19.2 Å². The van der Waals surface area contributed by atoms with E-state index >= 15 is 0 Å². The number of fused-ring (bicyclic) bond motifs is 2. The lowest BCUT2D eigenvalue weighted by atomic mass is 9.72. The summed E-state index contributed by atoms with van der Waals surface area (Å²) in [5.41, 5.74) is -0.306. The lowest BCUT2D eigenvalue weighted by Crippen LogP contribution is -2.50. The zero-order chi connectivity index (χ0) is 58.8. The van der Waals surface area contributed by atoms with Crippen LogP contribution < -0.4 is 5.32 Å². The number of unbranched alkanes of at least 4 members (excludes halogenated alkanes) is 2. The van der Waals surface area contributed by atoms with Gasteiger partial charge in [0.05, 0.1) is 23.8 Å². The molecule has 13 nitrogen and oxygen atoms in total. The van der Waals surface area contributed by atoms with Crippen LogP contribution in [-0.4, -0.2) is 166 Å². The Kier molecular flexibility index (Phi) is 20.5. The molecule has 0 radical (unpaired) electrons. The number of rotatable bonds is 23. The van der Waals surface area contributed by atoms with Crippen molar-refractivity contribution in [3.63, 3.8) is 0 Å². The third-order valence-corrected chi connectivity index (χ3v) is 17.2. The number of halogens is 7. The van der Waals surface area contributed by atoms with Gasteiger partial charge in [0.2, 0.25) is 11.8 Å². The minimum absolute atomic E-state index is 0.0253. The summed E-state index contributed by atoms with van der Waals surface area (Å²) in [6, 6.07) is 20.1. The highest BCUT2D eigenvalue weighted by molar-refractivity contribution is 5.95. The Labute approximate surface area is 477 Å². The van der Waals surface area contributed by atoms with Crippen LogP contribution in [0.5, 0.6) is 0 Å². The first-order chi connectivity index (χ1) is 39.0. The zero-order valence-electron chi connectivity index (χ0n) is 47.6. The number of ether oxygens (including phenoxy) is 2. The molecule has 4 aliphatic rings. The number of alkyl halides is 6. The second kappa shape index (κ2) is 27.1. The highest BCUT2D eigenvalue weighted by Gasteiger charge is 2.50. The molecule has 3 aliphatic heterocycles. The minimum Gasteiger partial charge on any atom is -0.385 e. The van der Waals surface area contributed by atoms with Crippen LogP contribution in [0.1, 0.15) is 125 Å². The number of carbonyl (C=O) groups excluding carboxylic acids is 4. The number of likely N-dealkylation sites (tertiary alicyclic amines) is 2. The van der Waals surface area contributed by atoms with Crippen molar-refractivity contribution in [3.05, 3.63) is 135 Å². The molecule has 8 rings (SSSR count). The number of likely N-dealkylation sites (N-methyl/N-ethyl adjacent to an activating group) is 2. The summed E-state index contributed by atoms with van der Waals surface area (Å²) in [5.74, 6) is -1.68. The predicted octanol–water partition coefficient (Wildman–Crippen LogP) is 10.4. The van der Waals surface area contributed by atoms with Crippen molar-refractivity contribution in [1.82, 2.24) is 29.4 Å². The van der Waals surface area contributed by atoms with E-state index in [9.17, 15) is 49.9 Å². The predicted molar refractivity (Wildman–Crippen MR) is 299 cm³/mol. The van der Waals surface area contributed by atoms with E-state index in [1.54, 1.807) is 23.9 Å². The largest absolute Gasteiger partial charge is 0.416 e. The number of amides is 4. The van der Waals surface area contributed by atoms with E-state index in [1.165, 1.54) is 49.1 Å². The molecule has 4 aromatic carbocycles. The molecule has 4 aromatic rings. The Morgan fingerprint density at radius 1 is 0.707 bits per heavy atom. The van der Waals surface area contributed by atoms with Gasteiger partial charge >= 0.3 is 12.4 Å². The van der Waals surface area contributed by atoms with Crippen molar-refractivity contribution in [1.29, 1.82) is 0 Å². The maximum atomic E-state index is 14.2. The van der Waals surface area contributed by atoms with E-state index < -0.39 is 58.5 Å². The van der Waals surface area contributed by atoms with Crippen LogP contribution in [-0.2, 0) is 48.9 Å². The third-order valence-electron chi connectivity index (χ3n) is 17.2. The van der Waals surface area contributed by atoms with Crippen molar-refractivity contribution in [2.45, 2.75) is 113 Å². The SMILES string of the molecule is Cc1cc(C(=O)N(C)CCCN(C)C(=O)CO[C@H]2Cc3ccccc3C23CCN(CC[C@@]2(c4ccc(F)cc4)CN(C(=O)c4cc(C(F)(F)F)cc(C(F)(F)F)c4)CO2)CC3)ccc1NCCCCCC(=O)N(C)CCN1CCCCC1. The van der Waals surface area contributed by atoms with E-state index in [-0.39, 0.29) is 49.5 Å². The van der Waals surface area contributed by atoms with Crippen molar-refractivity contribution in [2.24, 2.45) is 0 Å². The lowest BCUT2D eigenvalue weighted by Gasteiger charge is -2.44. The molecule has 4 amide bonds. The fourth-order valence-corrected chi connectivity index (χ4v) is 12.2. The van der Waals surface area contributed by atoms with E-state index in [0.29, 0.717) is 88.1 Å². The Morgan fingerprint density at radius 3 is 2.05 bits per heavy atom. The van der Waals surface area contributed by atoms with Crippen LogP contribution in [0.2, 0.25) is 0 Å². The first-order valence-electron chi connectivity index (χ1n) is 28.8.